The Bertz CT molecular complexity index is 479. The van der Waals surface area contributed by atoms with Gasteiger partial charge in [0.1, 0.15) is 5.54 Å². The van der Waals surface area contributed by atoms with Crippen LogP contribution in [0, 0.1) is 0 Å². The quantitative estimate of drug-likeness (QED) is 0.826. The Balaban J connectivity index is 3.33. The lowest BCUT2D eigenvalue weighted by atomic mass is 10.0. The Morgan fingerprint density at radius 2 is 2.18 bits per heavy atom. The van der Waals surface area contributed by atoms with Gasteiger partial charge in [-0.25, -0.2) is 9.78 Å². The Hall–Kier alpha value is -1.85. The SMILES string of the molecule is CCN(c1nccn(C)c1=O)C(C)(C)C(=O)O. The average molecular weight is 239 g/mol. The molecule has 0 saturated carbocycles. The lowest BCUT2D eigenvalue weighted by Gasteiger charge is -2.34. The smallest absolute Gasteiger partial charge is 0.329 e. The Kier molecular flexibility index (Phi) is 3.55. The molecule has 0 saturated heterocycles. The number of aromatic nitrogens is 2. The topological polar surface area (TPSA) is 75.4 Å². The van der Waals surface area contributed by atoms with Gasteiger partial charge in [-0.15, -0.1) is 0 Å². The zero-order valence-corrected chi connectivity index (χ0v) is 10.5. The summed E-state index contributed by atoms with van der Waals surface area (Å²) in [4.78, 5) is 28.6. The van der Waals surface area contributed by atoms with Gasteiger partial charge in [0.05, 0.1) is 0 Å². The van der Waals surface area contributed by atoms with E-state index in [1.165, 1.54) is 21.9 Å². The maximum atomic E-state index is 11.9. The number of carbonyl (C=O) groups is 1. The highest BCUT2D eigenvalue weighted by atomic mass is 16.4. The van der Waals surface area contributed by atoms with Gasteiger partial charge in [0.15, 0.2) is 5.82 Å². The van der Waals surface area contributed by atoms with Crippen LogP contribution in [0.25, 0.3) is 0 Å². The maximum Gasteiger partial charge on any atom is 0.329 e. The number of aliphatic carboxylic acids is 1. The summed E-state index contributed by atoms with van der Waals surface area (Å²) in [6, 6.07) is 0. The fourth-order valence-electron chi connectivity index (χ4n) is 1.59. The van der Waals surface area contributed by atoms with Crippen LogP contribution in [0.2, 0.25) is 0 Å². The number of hydrogen-bond acceptors (Lipinski definition) is 4. The molecule has 0 bridgehead atoms. The van der Waals surface area contributed by atoms with Crippen molar-refractivity contribution < 1.29 is 9.90 Å². The Labute approximate surface area is 99.5 Å². The number of rotatable bonds is 4. The van der Waals surface area contributed by atoms with E-state index in [-0.39, 0.29) is 11.4 Å². The molecule has 1 heterocycles. The van der Waals surface area contributed by atoms with Crippen LogP contribution in [0.5, 0.6) is 0 Å². The lowest BCUT2D eigenvalue weighted by molar-refractivity contribution is -0.142. The van der Waals surface area contributed by atoms with E-state index in [4.69, 9.17) is 0 Å². The molecule has 0 spiro atoms. The molecule has 1 N–H and O–H groups in total. The molecule has 1 aromatic heterocycles. The van der Waals surface area contributed by atoms with Crippen LogP contribution in [0.1, 0.15) is 20.8 Å². The number of hydrogen-bond donors (Lipinski definition) is 1. The summed E-state index contributed by atoms with van der Waals surface area (Å²) >= 11 is 0. The van der Waals surface area contributed by atoms with Gasteiger partial charge in [-0.05, 0) is 20.8 Å². The van der Waals surface area contributed by atoms with Crippen molar-refractivity contribution in [2.45, 2.75) is 26.3 Å². The van der Waals surface area contributed by atoms with Crippen LogP contribution in [-0.2, 0) is 11.8 Å². The summed E-state index contributed by atoms with van der Waals surface area (Å²) < 4.78 is 1.38. The monoisotopic (exact) mass is 239 g/mol. The molecule has 0 fully saturated rings. The lowest BCUT2D eigenvalue weighted by Crippen LogP contribution is -2.52. The summed E-state index contributed by atoms with van der Waals surface area (Å²) in [5.74, 6) is -0.836. The van der Waals surface area contributed by atoms with Gasteiger partial charge in [0.2, 0.25) is 0 Å². The van der Waals surface area contributed by atoms with Crippen molar-refractivity contribution >= 4 is 11.8 Å². The van der Waals surface area contributed by atoms with Crippen LogP contribution in [0.3, 0.4) is 0 Å². The molecule has 0 amide bonds. The Morgan fingerprint density at radius 3 is 2.65 bits per heavy atom. The van der Waals surface area contributed by atoms with Crippen LogP contribution in [-0.4, -0.2) is 32.7 Å². The van der Waals surface area contributed by atoms with Crippen LogP contribution in [0.4, 0.5) is 5.82 Å². The standard InChI is InChI=1S/C11H17N3O3/c1-5-14(11(2,3)10(16)17)8-9(15)13(4)7-6-12-8/h6-7H,5H2,1-4H3,(H,16,17). The van der Waals surface area contributed by atoms with Crippen molar-refractivity contribution in [1.82, 2.24) is 9.55 Å². The third kappa shape index (κ3) is 2.30. The molecule has 0 aliphatic carbocycles. The third-order valence-electron chi connectivity index (χ3n) is 2.77. The number of anilines is 1. The highest BCUT2D eigenvalue weighted by molar-refractivity contribution is 5.82. The Morgan fingerprint density at radius 1 is 1.59 bits per heavy atom. The van der Waals surface area contributed by atoms with Crippen molar-refractivity contribution in [3.05, 3.63) is 22.7 Å². The van der Waals surface area contributed by atoms with Crippen molar-refractivity contribution in [1.29, 1.82) is 0 Å². The molecule has 1 aromatic rings. The predicted octanol–water partition coefficient (Wildman–Crippen LogP) is 0.470. The number of carboxylic acids is 1. The fraction of sp³-hybridized carbons (Fsp3) is 0.545. The molecule has 17 heavy (non-hydrogen) atoms. The first-order valence-corrected chi connectivity index (χ1v) is 5.35. The van der Waals surface area contributed by atoms with E-state index in [1.807, 2.05) is 0 Å². The molecule has 6 nitrogen and oxygen atoms in total. The van der Waals surface area contributed by atoms with Crippen molar-refractivity contribution in [2.24, 2.45) is 7.05 Å². The van der Waals surface area contributed by atoms with E-state index in [2.05, 4.69) is 4.98 Å². The van der Waals surface area contributed by atoms with Crippen molar-refractivity contribution in [3.8, 4) is 0 Å². The van der Waals surface area contributed by atoms with E-state index >= 15 is 0 Å². The summed E-state index contributed by atoms with van der Waals surface area (Å²) in [6.07, 6.45) is 3.02. The van der Waals surface area contributed by atoms with Gasteiger partial charge >= 0.3 is 5.97 Å². The first-order valence-electron chi connectivity index (χ1n) is 5.35. The minimum atomic E-state index is -1.17. The van der Waals surface area contributed by atoms with Gasteiger partial charge in [-0.1, -0.05) is 0 Å². The first kappa shape index (κ1) is 13.2. The molecule has 0 aromatic carbocycles. The van der Waals surface area contributed by atoms with Gasteiger partial charge in [-0.3, -0.25) is 4.79 Å². The second kappa shape index (κ2) is 4.57. The molecule has 0 unspecified atom stereocenters. The minimum Gasteiger partial charge on any atom is -0.480 e. The van der Waals surface area contributed by atoms with E-state index in [9.17, 15) is 14.7 Å². The molecule has 0 aliphatic heterocycles. The third-order valence-corrected chi connectivity index (χ3v) is 2.77. The highest BCUT2D eigenvalue weighted by Gasteiger charge is 2.35. The van der Waals surface area contributed by atoms with Gasteiger partial charge in [-0.2, -0.15) is 0 Å². The zero-order chi connectivity index (χ0) is 13.2. The minimum absolute atomic E-state index is 0.157. The van der Waals surface area contributed by atoms with Crippen LogP contribution >= 0.6 is 0 Å². The normalized spacial score (nSPS) is 11.3. The molecular formula is C11H17N3O3. The fourth-order valence-corrected chi connectivity index (χ4v) is 1.59. The van der Waals surface area contributed by atoms with E-state index in [0.717, 1.165) is 0 Å². The maximum absolute atomic E-state index is 11.9. The highest BCUT2D eigenvalue weighted by Crippen LogP contribution is 2.18. The summed E-state index contributed by atoms with van der Waals surface area (Å²) in [5, 5.41) is 9.19. The number of carboxylic acid groups (broad SMARTS) is 1. The number of aryl methyl sites for hydroxylation is 1. The average Bonchev–Trinajstić information content (AvgIpc) is 2.24. The van der Waals surface area contributed by atoms with Gasteiger partial charge in [0.25, 0.3) is 5.56 Å². The first-order chi connectivity index (χ1) is 7.82. The van der Waals surface area contributed by atoms with E-state index < -0.39 is 11.5 Å². The molecule has 6 heteroatoms. The number of likely N-dealkylation sites (N-methyl/N-ethyl adjacent to an activating group) is 1. The predicted molar refractivity (Wildman–Crippen MR) is 64.2 cm³/mol. The van der Waals surface area contributed by atoms with Crippen LogP contribution < -0.4 is 10.5 Å². The zero-order valence-electron chi connectivity index (χ0n) is 10.5. The van der Waals surface area contributed by atoms with Gasteiger partial charge in [0, 0.05) is 26.0 Å². The van der Waals surface area contributed by atoms with Crippen molar-refractivity contribution in [3.63, 3.8) is 0 Å². The van der Waals surface area contributed by atoms with Crippen molar-refractivity contribution in [2.75, 3.05) is 11.4 Å². The second-order valence-electron chi connectivity index (χ2n) is 4.28. The summed E-state index contributed by atoms with van der Waals surface area (Å²) in [6.45, 7) is 5.28. The molecule has 0 atom stereocenters. The summed E-state index contributed by atoms with van der Waals surface area (Å²) in [5.41, 5.74) is -1.47. The summed E-state index contributed by atoms with van der Waals surface area (Å²) in [7, 11) is 1.61. The number of nitrogens with zero attached hydrogens (tertiary/aromatic N) is 3. The molecular weight excluding hydrogens is 222 g/mol. The molecule has 1 rings (SSSR count). The molecule has 94 valence electrons. The van der Waals surface area contributed by atoms with Crippen LogP contribution in [0.15, 0.2) is 17.2 Å². The molecule has 0 aliphatic rings. The largest absolute Gasteiger partial charge is 0.480 e. The van der Waals surface area contributed by atoms with Gasteiger partial charge < -0.3 is 14.6 Å². The molecule has 0 radical (unpaired) electrons. The van der Waals surface area contributed by atoms with E-state index in [0.29, 0.717) is 6.54 Å². The van der Waals surface area contributed by atoms with E-state index in [1.54, 1.807) is 27.8 Å². The second-order valence-corrected chi connectivity index (χ2v) is 4.28.